The standard InChI is InChI=1S/C15H14BrN3/c1-10-6-7-14-13(8-10)18-15(17)19(14)9-11-4-2-3-5-12(11)16/h2-8H,9H2,1H3,(H2,17,18). The lowest BCUT2D eigenvalue weighted by Crippen LogP contribution is -2.04. The van der Waals surface area contributed by atoms with Crippen LogP contribution in [0.25, 0.3) is 11.0 Å². The molecule has 3 aromatic rings. The van der Waals surface area contributed by atoms with Gasteiger partial charge < -0.3 is 10.3 Å². The zero-order chi connectivity index (χ0) is 13.4. The first-order chi connectivity index (χ1) is 9.15. The Morgan fingerprint density at radius 1 is 1.21 bits per heavy atom. The van der Waals surface area contributed by atoms with Gasteiger partial charge in [-0.3, -0.25) is 0 Å². The highest BCUT2D eigenvalue weighted by molar-refractivity contribution is 9.10. The molecule has 0 amide bonds. The Balaban J connectivity index is 2.10. The third kappa shape index (κ3) is 2.24. The lowest BCUT2D eigenvalue weighted by molar-refractivity contribution is 0.835. The van der Waals surface area contributed by atoms with Gasteiger partial charge in [0.05, 0.1) is 17.6 Å². The maximum Gasteiger partial charge on any atom is 0.201 e. The van der Waals surface area contributed by atoms with E-state index < -0.39 is 0 Å². The van der Waals surface area contributed by atoms with Gasteiger partial charge in [0.1, 0.15) is 0 Å². The van der Waals surface area contributed by atoms with Crippen molar-refractivity contribution in [3.05, 3.63) is 58.1 Å². The van der Waals surface area contributed by atoms with E-state index >= 15 is 0 Å². The number of nitrogens with zero attached hydrogens (tertiary/aromatic N) is 2. The van der Waals surface area contributed by atoms with Crippen molar-refractivity contribution in [3.8, 4) is 0 Å². The molecule has 0 aliphatic heterocycles. The molecule has 0 saturated carbocycles. The summed E-state index contributed by atoms with van der Waals surface area (Å²) in [5, 5.41) is 0. The number of imidazole rings is 1. The molecule has 4 heteroatoms. The first-order valence-electron chi connectivity index (χ1n) is 6.11. The summed E-state index contributed by atoms with van der Waals surface area (Å²) >= 11 is 3.57. The van der Waals surface area contributed by atoms with Crippen LogP contribution >= 0.6 is 15.9 Å². The van der Waals surface area contributed by atoms with Crippen LogP contribution in [0.4, 0.5) is 5.95 Å². The number of aryl methyl sites for hydroxylation is 1. The van der Waals surface area contributed by atoms with Gasteiger partial charge in [0.2, 0.25) is 5.95 Å². The van der Waals surface area contributed by atoms with E-state index in [1.807, 2.05) is 22.8 Å². The predicted molar refractivity (Wildman–Crippen MR) is 82.1 cm³/mol. The number of fused-ring (bicyclic) bond motifs is 1. The van der Waals surface area contributed by atoms with Crippen molar-refractivity contribution in [2.75, 3.05) is 5.73 Å². The average molecular weight is 316 g/mol. The molecule has 0 fully saturated rings. The van der Waals surface area contributed by atoms with Crippen LogP contribution in [0.5, 0.6) is 0 Å². The van der Waals surface area contributed by atoms with E-state index in [9.17, 15) is 0 Å². The van der Waals surface area contributed by atoms with E-state index in [1.54, 1.807) is 0 Å². The molecule has 3 nitrogen and oxygen atoms in total. The second kappa shape index (κ2) is 4.70. The SMILES string of the molecule is Cc1ccc2c(c1)nc(N)n2Cc1ccccc1Br. The zero-order valence-corrected chi connectivity index (χ0v) is 12.2. The Hall–Kier alpha value is -1.81. The lowest BCUT2D eigenvalue weighted by Gasteiger charge is -2.08. The Morgan fingerprint density at radius 3 is 2.79 bits per heavy atom. The number of benzene rings is 2. The van der Waals surface area contributed by atoms with Crippen LogP contribution in [0.3, 0.4) is 0 Å². The topological polar surface area (TPSA) is 43.8 Å². The Kier molecular flexibility index (Phi) is 3.03. The van der Waals surface area contributed by atoms with Crippen LogP contribution in [0, 0.1) is 6.92 Å². The number of nitrogen functional groups attached to an aromatic ring is 1. The van der Waals surface area contributed by atoms with Crippen molar-refractivity contribution < 1.29 is 0 Å². The van der Waals surface area contributed by atoms with E-state index in [0.29, 0.717) is 12.5 Å². The van der Waals surface area contributed by atoms with Gasteiger partial charge in [-0.2, -0.15) is 0 Å². The first-order valence-corrected chi connectivity index (χ1v) is 6.90. The second-order valence-electron chi connectivity index (χ2n) is 4.64. The molecule has 96 valence electrons. The van der Waals surface area contributed by atoms with Gasteiger partial charge in [-0.05, 0) is 36.2 Å². The molecule has 2 aromatic carbocycles. The molecule has 0 bridgehead atoms. The van der Waals surface area contributed by atoms with Gasteiger partial charge in [0.15, 0.2) is 0 Å². The molecule has 0 radical (unpaired) electrons. The quantitative estimate of drug-likeness (QED) is 0.783. The summed E-state index contributed by atoms with van der Waals surface area (Å²) in [6.07, 6.45) is 0. The van der Waals surface area contributed by atoms with E-state index in [1.165, 1.54) is 11.1 Å². The highest BCUT2D eigenvalue weighted by Crippen LogP contribution is 2.23. The van der Waals surface area contributed by atoms with E-state index in [2.05, 4.69) is 52.1 Å². The van der Waals surface area contributed by atoms with Gasteiger partial charge in [0, 0.05) is 4.47 Å². The van der Waals surface area contributed by atoms with Gasteiger partial charge in [-0.25, -0.2) is 4.98 Å². The van der Waals surface area contributed by atoms with Crippen molar-refractivity contribution in [2.24, 2.45) is 0 Å². The summed E-state index contributed by atoms with van der Waals surface area (Å²) in [7, 11) is 0. The third-order valence-corrected chi connectivity index (χ3v) is 3.99. The number of anilines is 1. The molecular formula is C15H14BrN3. The van der Waals surface area contributed by atoms with E-state index in [0.717, 1.165) is 15.5 Å². The smallest absolute Gasteiger partial charge is 0.201 e. The monoisotopic (exact) mass is 315 g/mol. The normalized spacial score (nSPS) is 11.1. The largest absolute Gasteiger partial charge is 0.369 e. The number of aromatic nitrogens is 2. The maximum absolute atomic E-state index is 6.04. The molecule has 0 spiro atoms. The number of hydrogen-bond donors (Lipinski definition) is 1. The van der Waals surface area contributed by atoms with Crippen molar-refractivity contribution in [1.29, 1.82) is 0 Å². The summed E-state index contributed by atoms with van der Waals surface area (Å²) in [5.74, 6) is 0.552. The fraction of sp³-hybridized carbons (Fsp3) is 0.133. The summed E-state index contributed by atoms with van der Waals surface area (Å²) in [6.45, 7) is 2.77. The molecule has 1 heterocycles. The number of hydrogen-bond acceptors (Lipinski definition) is 2. The van der Waals surface area contributed by atoms with Crippen LogP contribution in [-0.4, -0.2) is 9.55 Å². The second-order valence-corrected chi connectivity index (χ2v) is 5.49. The molecule has 0 aliphatic carbocycles. The van der Waals surface area contributed by atoms with Gasteiger partial charge in [-0.1, -0.05) is 40.2 Å². The lowest BCUT2D eigenvalue weighted by atomic mass is 10.2. The summed E-state index contributed by atoms with van der Waals surface area (Å²) in [5.41, 5.74) is 10.4. The summed E-state index contributed by atoms with van der Waals surface area (Å²) in [6, 6.07) is 14.4. The zero-order valence-electron chi connectivity index (χ0n) is 10.6. The predicted octanol–water partition coefficient (Wildman–Crippen LogP) is 3.74. The molecule has 3 rings (SSSR count). The molecule has 0 unspecified atom stereocenters. The number of nitrogens with two attached hydrogens (primary N) is 1. The van der Waals surface area contributed by atoms with Crippen molar-refractivity contribution in [1.82, 2.24) is 9.55 Å². The van der Waals surface area contributed by atoms with Crippen LogP contribution in [0.15, 0.2) is 46.9 Å². The highest BCUT2D eigenvalue weighted by Gasteiger charge is 2.09. The minimum Gasteiger partial charge on any atom is -0.369 e. The van der Waals surface area contributed by atoms with Crippen molar-refractivity contribution in [3.63, 3.8) is 0 Å². The van der Waals surface area contributed by atoms with Crippen LogP contribution in [0.2, 0.25) is 0 Å². The molecule has 0 saturated heterocycles. The fourth-order valence-electron chi connectivity index (χ4n) is 2.22. The molecule has 2 N–H and O–H groups in total. The van der Waals surface area contributed by atoms with Crippen LogP contribution < -0.4 is 5.73 Å². The van der Waals surface area contributed by atoms with Crippen molar-refractivity contribution in [2.45, 2.75) is 13.5 Å². The minimum atomic E-state index is 0.552. The molecule has 0 atom stereocenters. The maximum atomic E-state index is 6.04. The van der Waals surface area contributed by atoms with Crippen LogP contribution in [0.1, 0.15) is 11.1 Å². The van der Waals surface area contributed by atoms with Crippen LogP contribution in [-0.2, 0) is 6.54 Å². The number of rotatable bonds is 2. The first kappa shape index (κ1) is 12.2. The summed E-state index contributed by atoms with van der Waals surface area (Å²) < 4.78 is 3.12. The molecule has 1 aromatic heterocycles. The molecule has 19 heavy (non-hydrogen) atoms. The Bertz CT molecular complexity index is 746. The Morgan fingerprint density at radius 2 is 2.00 bits per heavy atom. The minimum absolute atomic E-state index is 0.552. The summed E-state index contributed by atoms with van der Waals surface area (Å²) in [4.78, 5) is 4.43. The van der Waals surface area contributed by atoms with Gasteiger partial charge >= 0.3 is 0 Å². The number of halogens is 1. The van der Waals surface area contributed by atoms with Gasteiger partial charge in [-0.15, -0.1) is 0 Å². The van der Waals surface area contributed by atoms with E-state index in [4.69, 9.17) is 5.73 Å². The Labute approximate surface area is 120 Å². The average Bonchev–Trinajstić information content (AvgIpc) is 2.68. The van der Waals surface area contributed by atoms with Gasteiger partial charge in [0.25, 0.3) is 0 Å². The molecular weight excluding hydrogens is 302 g/mol. The van der Waals surface area contributed by atoms with Crippen molar-refractivity contribution >= 4 is 32.9 Å². The fourth-order valence-corrected chi connectivity index (χ4v) is 2.63. The molecule has 0 aliphatic rings. The third-order valence-electron chi connectivity index (χ3n) is 3.22. The highest BCUT2D eigenvalue weighted by atomic mass is 79.9. The van der Waals surface area contributed by atoms with E-state index in [-0.39, 0.29) is 0 Å².